The number of halogens is 4. The highest BCUT2D eigenvalue weighted by atomic mass is 19.5. The Morgan fingerprint density at radius 3 is 2.32 bits per heavy atom. The molecule has 1 aromatic rings. The van der Waals surface area contributed by atoms with Gasteiger partial charge in [-0.05, 0) is 12.3 Å². The quantitative estimate of drug-likeness (QED) is 0.373. The van der Waals surface area contributed by atoms with Gasteiger partial charge >= 0.3 is 13.2 Å². The second-order valence-electron chi connectivity index (χ2n) is 5.22. The van der Waals surface area contributed by atoms with Crippen molar-refractivity contribution in [2.75, 3.05) is 6.61 Å². The summed E-state index contributed by atoms with van der Waals surface area (Å²) >= 11 is 0. The van der Waals surface area contributed by atoms with Gasteiger partial charge in [0.25, 0.3) is 0 Å². The third-order valence-electron chi connectivity index (χ3n) is 2.45. The summed E-state index contributed by atoms with van der Waals surface area (Å²) in [4.78, 5) is 11.5. The Bertz CT molecular complexity index is 446. The summed E-state index contributed by atoms with van der Waals surface area (Å²) in [5, 5.41) is 0. The Labute approximate surface area is 127 Å². The van der Waals surface area contributed by atoms with Gasteiger partial charge in [0.15, 0.2) is 0 Å². The smallest absolute Gasteiger partial charge is 0.460 e. The Balaban J connectivity index is 0.000000763. The zero-order valence-corrected chi connectivity index (χ0v) is 12.9. The number of hydrogen-bond acceptors (Lipinski definition) is 3. The van der Waals surface area contributed by atoms with E-state index in [9.17, 15) is 22.1 Å². The van der Waals surface area contributed by atoms with Crippen molar-refractivity contribution >= 4 is 13.2 Å². The standard InChI is InChI=1S/C12H22N3O2.BF4/c1-10(2)8-11(13)12(16)17-7-6-15-5-4-14(3)9-15;2-1(3,4)5/h4-5,9-11H,6-8,13H2,1-3H3;/q+1;-1/t11-;/m0./s1. The van der Waals surface area contributed by atoms with E-state index < -0.39 is 13.3 Å². The first-order valence-corrected chi connectivity index (χ1v) is 6.79. The van der Waals surface area contributed by atoms with Crippen LogP contribution in [0.3, 0.4) is 0 Å². The highest BCUT2D eigenvalue weighted by Gasteiger charge is 2.20. The average molecular weight is 327 g/mol. The second kappa shape index (κ2) is 9.44. The molecule has 0 aromatic carbocycles. The minimum Gasteiger partial charge on any atom is -0.460 e. The molecule has 0 spiro atoms. The number of ether oxygens (including phenoxy) is 1. The molecule has 0 aliphatic heterocycles. The lowest BCUT2D eigenvalue weighted by Crippen LogP contribution is -2.34. The number of carbonyl (C=O) groups is 1. The Morgan fingerprint density at radius 1 is 1.36 bits per heavy atom. The summed E-state index contributed by atoms with van der Waals surface area (Å²) in [6.07, 6.45) is 6.47. The molecule has 5 nitrogen and oxygen atoms in total. The van der Waals surface area contributed by atoms with Gasteiger partial charge in [-0.25, -0.2) is 9.13 Å². The molecule has 1 heterocycles. The maximum Gasteiger partial charge on any atom is 0.673 e. The predicted molar refractivity (Wildman–Crippen MR) is 74.2 cm³/mol. The first-order valence-electron chi connectivity index (χ1n) is 6.79. The number of aromatic nitrogens is 2. The first-order chi connectivity index (χ1) is 9.99. The second-order valence-corrected chi connectivity index (χ2v) is 5.22. The highest BCUT2D eigenvalue weighted by molar-refractivity contribution is 6.50. The van der Waals surface area contributed by atoms with Crippen molar-refractivity contribution in [3.8, 4) is 0 Å². The molecule has 0 amide bonds. The van der Waals surface area contributed by atoms with Gasteiger partial charge in [-0.2, -0.15) is 0 Å². The Morgan fingerprint density at radius 2 is 1.91 bits per heavy atom. The summed E-state index contributed by atoms with van der Waals surface area (Å²) in [5.41, 5.74) is 5.72. The lowest BCUT2D eigenvalue weighted by Gasteiger charge is -2.12. The van der Waals surface area contributed by atoms with Crippen LogP contribution in [-0.2, 0) is 23.1 Å². The van der Waals surface area contributed by atoms with Gasteiger partial charge in [0.2, 0.25) is 6.33 Å². The van der Waals surface area contributed by atoms with Gasteiger partial charge in [0, 0.05) is 0 Å². The van der Waals surface area contributed by atoms with E-state index in [-0.39, 0.29) is 5.97 Å². The van der Waals surface area contributed by atoms with E-state index in [1.807, 2.05) is 48.8 Å². The first kappa shape index (κ1) is 20.4. The Hall–Kier alpha value is -1.58. The van der Waals surface area contributed by atoms with Gasteiger partial charge in [-0.15, -0.1) is 0 Å². The Kier molecular flexibility index (Phi) is 8.77. The summed E-state index contributed by atoms with van der Waals surface area (Å²) < 4.78 is 48.0. The van der Waals surface area contributed by atoms with Gasteiger partial charge in [0.1, 0.15) is 31.6 Å². The summed E-state index contributed by atoms with van der Waals surface area (Å²) in [7, 11) is -4.05. The maximum absolute atomic E-state index is 11.5. The normalized spacial score (nSPS) is 12.6. The minimum atomic E-state index is -6.00. The monoisotopic (exact) mass is 327 g/mol. The molecule has 0 bridgehead atoms. The van der Waals surface area contributed by atoms with Crippen LogP contribution in [0.5, 0.6) is 0 Å². The summed E-state index contributed by atoms with van der Waals surface area (Å²) in [6.45, 7) is 5.08. The molecule has 0 saturated carbocycles. The molecule has 1 aromatic heterocycles. The molecule has 0 aliphatic rings. The van der Waals surface area contributed by atoms with E-state index in [1.54, 1.807) is 0 Å². The lowest BCUT2D eigenvalue weighted by molar-refractivity contribution is -0.671. The molecule has 2 N–H and O–H groups in total. The largest absolute Gasteiger partial charge is 0.673 e. The van der Waals surface area contributed by atoms with E-state index in [2.05, 4.69) is 0 Å². The number of esters is 1. The zero-order chi connectivity index (χ0) is 17.3. The molecule has 0 saturated heterocycles. The third-order valence-corrected chi connectivity index (χ3v) is 2.45. The molecule has 1 rings (SSSR count). The number of rotatable bonds is 6. The van der Waals surface area contributed by atoms with Crippen LogP contribution in [0.15, 0.2) is 18.7 Å². The van der Waals surface area contributed by atoms with Crippen molar-refractivity contribution in [3.63, 3.8) is 0 Å². The van der Waals surface area contributed by atoms with Gasteiger partial charge in [-0.3, -0.25) is 4.79 Å². The van der Waals surface area contributed by atoms with Gasteiger partial charge in [-0.1, -0.05) is 13.8 Å². The number of hydrogen-bond donors (Lipinski definition) is 1. The molecule has 0 aliphatic carbocycles. The fourth-order valence-corrected chi connectivity index (χ4v) is 1.60. The fraction of sp³-hybridized carbons (Fsp3) is 0.667. The average Bonchev–Trinajstić information content (AvgIpc) is 2.71. The van der Waals surface area contributed by atoms with Crippen LogP contribution in [0, 0.1) is 5.92 Å². The number of carbonyl (C=O) groups excluding carboxylic acids is 1. The van der Waals surface area contributed by atoms with E-state index >= 15 is 0 Å². The number of nitrogens with two attached hydrogens (primary N) is 1. The van der Waals surface area contributed by atoms with E-state index in [0.29, 0.717) is 25.5 Å². The SMILES string of the molecule is CC(C)C[C@H](N)C(=O)OCCn1cc[n+](C)c1.F[B-](F)(F)F. The van der Waals surface area contributed by atoms with Crippen LogP contribution < -0.4 is 10.3 Å². The van der Waals surface area contributed by atoms with E-state index in [4.69, 9.17) is 10.5 Å². The van der Waals surface area contributed by atoms with Crippen molar-refractivity contribution in [2.24, 2.45) is 18.7 Å². The fourth-order valence-electron chi connectivity index (χ4n) is 1.60. The number of imidazole rings is 1. The predicted octanol–water partition coefficient (Wildman–Crippen LogP) is 1.53. The maximum atomic E-state index is 11.5. The van der Waals surface area contributed by atoms with Crippen molar-refractivity contribution in [2.45, 2.75) is 32.9 Å². The van der Waals surface area contributed by atoms with Crippen LogP contribution in [0.1, 0.15) is 20.3 Å². The molecule has 0 unspecified atom stereocenters. The van der Waals surface area contributed by atoms with Gasteiger partial charge < -0.3 is 27.7 Å². The molecular weight excluding hydrogens is 305 g/mol. The van der Waals surface area contributed by atoms with Crippen LogP contribution in [0.4, 0.5) is 17.3 Å². The minimum absolute atomic E-state index is 0.310. The van der Waals surface area contributed by atoms with Crippen molar-refractivity contribution < 1.29 is 31.4 Å². The molecule has 10 heteroatoms. The molecular formula is C12H22BF4N3O2. The summed E-state index contributed by atoms with van der Waals surface area (Å²) in [6, 6.07) is -0.504. The number of nitrogens with zero attached hydrogens (tertiary/aromatic N) is 2. The van der Waals surface area contributed by atoms with Crippen molar-refractivity contribution in [1.29, 1.82) is 0 Å². The third kappa shape index (κ3) is 12.2. The highest BCUT2D eigenvalue weighted by Crippen LogP contribution is 2.06. The molecule has 1 atom stereocenters. The molecule has 128 valence electrons. The van der Waals surface area contributed by atoms with Crippen LogP contribution >= 0.6 is 0 Å². The van der Waals surface area contributed by atoms with Gasteiger partial charge in [0.05, 0.1) is 7.05 Å². The van der Waals surface area contributed by atoms with Crippen LogP contribution in [0.25, 0.3) is 0 Å². The van der Waals surface area contributed by atoms with E-state index in [0.717, 1.165) is 0 Å². The van der Waals surface area contributed by atoms with E-state index in [1.165, 1.54) is 0 Å². The van der Waals surface area contributed by atoms with Crippen molar-refractivity contribution in [3.05, 3.63) is 18.7 Å². The van der Waals surface area contributed by atoms with Crippen LogP contribution in [-0.4, -0.2) is 30.4 Å². The molecule has 22 heavy (non-hydrogen) atoms. The zero-order valence-electron chi connectivity index (χ0n) is 12.9. The topological polar surface area (TPSA) is 61.1 Å². The molecule has 0 fully saturated rings. The molecule has 0 radical (unpaired) electrons. The van der Waals surface area contributed by atoms with Crippen molar-refractivity contribution in [1.82, 2.24) is 4.57 Å². The number of aryl methyl sites for hydroxylation is 1. The van der Waals surface area contributed by atoms with Crippen LogP contribution in [0.2, 0.25) is 0 Å². The summed E-state index contributed by atoms with van der Waals surface area (Å²) in [5.74, 6) is 0.0938. The lowest BCUT2D eigenvalue weighted by atomic mass is 10.1.